The summed E-state index contributed by atoms with van der Waals surface area (Å²) in [5, 5.41) is 2.31. The van der Waals surface area contributed by atoms with Crippen molar-refractivity contribution in [2.75, 3.05) is 30.4 Å². The Bertz CT molecular complexity index is 895. The molecule has 0 bridgehead atoms. The van der Waals surface area contributed by atoms with Crippen molar-refractivity contribution < 1.29 is 13.2 Å². The number of fused-ring (bicyclic) bond motifs is 1. The van der Waals surface area contributed by atoms with E-state index in [1.807, 2.05) is 31.0 Å². The summed E-state index contributed by atoms with van der Waals surface area (Å²) in [6.45, 7) is 1.62. The lowest BCUT2D eigenvalue weighted by atomic mass is 10.1. The summed E-state index contributed by atoms with van der Waals surface area (Å²) in [5.74, 6) is 0.838. The zero-order valence-corrected chi connectivity index (χ0v) is 14.2. The Kier molecular flexibility index (Phi) is 4.88. The van der Waals surface area contributed by atoms with E-state index in [-0.39, 0.29) is 11.3 Å². The van der Waals surface area contributed by atoms with E-state index in [4.69, 9.17) is 0 Å². The van der Waals surface area contributed by atoms with Crippen molar-refractivity contribution in [2.24, 2.45) is 0 Å². The maximum atomic E-state index is 12.6. The third kappa shape index (κ3) is 3.98. The predicted molar refractivity (Wildman–Crippen MR) is 94.1 cm³/mol. The lowest BCUT2D eigenvalue weighted by Gasteiger charge is -2.16. The molecular weight excluding hydrogens is 345 g/mol. The molecule has 0 amide bonds. The molecule has 0 aliphatic rings. The van der Waals surface area contributed by atoms with Gasteiger partial charge in [-0.25, -0.2) is 15.0 Å². The van der Waals surface area contributed by atoms with Crippen LogP contribution < -0.4 is 10.2 Å². The third-order valence-corrected chi connectivity index (χ3v) is 3.82. The first-order chi connectivity index (χ1) is 12.4. The Morgan fingerprint density at radius 3 is 2.54 bits per heavy atom. The number of alkyl halides is 3. The van der Waals surface area contributed by atoms with Gasteiger partial charge in [0.1, 0.15) is 17.9 Å². The minimum Gasteiger partial charge on any atom is -0.360 e. The maximum absolute atomic E-state index is 12.6. The van der Waals surface area contributed by atoms with Crippen LogP contribution in [0.3, 0.4) is 0 Å². The number of hydrogen-bond donors (Lipinski definition) is 1. The van der Waals surface area contributed by atoms with Gasteiger partial charge in [0.05, 0.1) is 11.2 Å². The molecule has 0 saturated heterocycles. The summed E-state index contributed by atoms with van der Waals surface area (Å²) in [5.41, 5.74) is 1.90. The summed E-state index contributed by atoms with van der Waals surface area (Å²) in [7, 11) is 1.92. The van der Waals surface area contributed by atoms with Crippen molar-refractivity contribution in [3.05, 3.63) is 36.8 Å². The van der Waals surface area contributed by atoms with Crippen LogP contribution in [0.5, 0.6) is 0 Å². The Morgan fingerprint density at radius 2 is 1.88 bits per heavy atom. The summed E-state index contributed by atoms with van der Waals surface area (Å²) >= 11 is 0. The average Bonchev–Trinajstić information content (AvgIpc) is 2.64. The molecule has 0 fully saturated rings. The standard InChI is InChI=1S/C17H17F3N6/c1-3-26(2)14-5-4-11(9-23-14)12-8-13-15(22-7-6-21-13)16(25-12)24-10-17(18,19)20/h4-9H,3,10H2,1-2H3,(H,24,25). The first-order valence-electron chi connectivity index (χ1n) is 7.97. The second-order valence-electron chi connectivity index (χ2n) is 5.67. The van der Waals surface area contributed by atoms with E-state index < -0.39 is 12.7 Å². The molecule has 0 aliphatic carbocycles. The number of anilines is 2. The van der Waals surface area contributed by atoms with Gasteiger partial charge in [0.25, 0.3) is 0 Å². The van der Waals surface area contributed by atoms with Crippen molar-refractivity contribution in [1.82, 2.24) is 19.9 Å². The van der Waals surface area contributed by atoms with Crippen molar-refractivity contribution >= 4 is 22.7 Å². The Balaban J connectivity index is 2.00. The molecule has 0 aromatic carbocycles. The van der Waals surface area contributed by atoms with Crippen molar-refractivity contribution in [2.45, 2.75) is 13.1 Å². The summed E-state index contributed by atoms with van der Waals surface area (Å²) in [6.07, 6.45) is 0.177. The van der Waals surface area contributed by atoms with Crippen molar-refractivity contribution in [3.63, 3.8) is 0 Å². The number of halogens is 3. The van der Waals surface area contributed by atoms with Crippen molar-refractivity contribution in [1.29, 1.82) is 0 Å². The first kappa shape index (κ1) is 17.8. The van der Waals surface area contributed by atoms with Gasteiger partial charge >= 0.3 is 6.18 Å². The molecule has 0 atom stereocenters. The van der Waals surface area contributed by atoms with Gasteiger partial charge in [-0.2, -0.15) is 13.2 Å². The highest BCUT2D eigenvalue weighted by atomic mass is 19.4. The number of rotatable bonds is 5. The van der Waals surface area contributed by atoms with Gasteiger partial charge in [-0.1, -0.05) is 0 Å². The van der Waals surface area contributed by atoms with Gasteiger partial charge in [0, 0.05) is 37.7 Å². The van der Waals surface area contributed by atoms with Gasteiger partial charge in [-0.15, -0.1) is 0 Å². The van der Waals surface area contributed by atoms with Crippen LogP contribution in [0, 0.1) is 0 Å². The van der Waals surface area contributed by atoms with Crippen LogP contribution in [0.25, 0.3) is 22.3 Å². The quantitative estimate of drug-likeness (QED) is 0.749. The van der Waals surface area contributed by atoms with E-state index in [2.05, 4.69) is 25.3 Å². The largest absolute Gasteiger partial charge is 0.405 e. The molecule has 6 nitrogen and oxygen atoms in total. The van der Waals surface area contributed by atoms with Crippen LogP contribution in [-0.4, -0.2) is 46.2 Å². The monoisotopic (exact) mass is 362 g/mol. The van der Waals surface area contributed by atoms with Crippen LogP contribution in [0.15, 0.2) is 36.8 Å². The molecule has 3 rings (SSSR count). The normalized spacial score (nSPS) is 11.6. The van der Waals surface area contributed by atoms with Gasteiger partial charge in [-0.05, 0) is 25.1 Å². The topological polar surface area (TPSA) is 66.8 Å². The highest BCUT2D eigenvalue weighted by Crippen LogP contribution is 2.27. The lowest BCUT2D eigenvalue weighted by molar-refractivity contribution is -0.115. The van der Waals surface area contributed by atoms with Crippen LogP contribution in [0.4, 0.5) is 24.8 Å². The number of pyridine rings is 2. The molecule has 1 N–H and O–H groups in total. The zero-order valence-electron chi connectivity index (χ0n) is 14.2. The molecule has 0 radical (unpaired) electrons. The second kappa shape index (κ2) is 7.11. The highest BCUT2D eigenvalue weighted by molar-refractivity contribution is 5.88. The molecule has 3 heterocycles. The molecule has 0 unspecified atom stereocenters. The van der Waals surface area contributed by atoms with Crippen LogP contribution in [0.2, 0.25) is 0 Å². The van der Waals surface area contributed by atoms with Gasteiger partial charge in [-0.3, -0.25) is 4.98 Å². The third-order valence-electron chi connectivity index (χ3n) is 3.82. The number of nitrogens with zero attached hydrogens (tertiary/aromatic N) is 5. The van der Waals surface area contributed by atoms with Gasteiger partial charge < -0.3 is 10.2 Å². The minimum atomic E-state index is -4.36. The highest BCUT2D eigenvalue weighted by Gasteiger charge is 2.27. The van der Waals surface area contributed by atoms with E-state index in [1.165, 1.54) is 12.4 Å². The lowest BCUT2D eigenvalue weighted by Crippen LogP contribution is -2.22. The number of hydrogen-bond acceptors (Lipinski definition) is 6. The number of nitrogens with one attached hydrogen (secondary N) is 1. The first-order valence-corrected chi connectivity index (χ1v) is 7.97. The molecule has 0 spiro atoms. The molecule has 3 aromatic heterocycles. The Morgan fingerprint density at radius 1 is 1.12 bits per heavy atom. The molecule has 0 saturated carbocycles. The second-order valence-corrected chi connectivity index (χ2v) is 5.67. The molecule has 9 heteroatoms. The van der Waals surface area contributed by atoms with E-state index in [0.29, 0.717) is 16.8 Å². The summed E-state index contributed by atoms with van der Waals surface area (Å²) in [6, 6.07) is 5.35. The maximum Gasteiger partial charge on any atom is 0.405 e. The van der Waals surface area contributed by atoms with E-state index in [9.17, 15) is 13.2 Å². The van der Waals surface area contributed by atoms with Crippen molar-refractivity contribution in [3.8, 4) is 11.3 Å². The molecule has 3 aromatic rings. The van der Waals surface area contributed by atoms with Crippen LogP contribution in [0.1, 0.15) is 6.92 Å². The molecule has 26 heavy (non-hydrogen) atoms. The molecule has 136 valence electrons. The Hall–Kier alpha value is -2.97. The Labute approximate surface area is 148 Å². The minimum absolute atomic E-state index is 0.0395. The molecule has 0 aliphatic heterocycles. The van der Waals surface area contributed by atoms with Crippen LogP contribution in [-0.2, 0) is 0 Å². The van der Waals surface area contributed by atoms with E-state index in [1.54, 1.807) is 12.3 Å². The van der Waals surface area contributed by atoms with E-state index in [0.717, 1.165) is 12.4 Å². The zero-order chi connectivity index (χ0) is 18.7. The summed E-state index contributed by atoms with van der Waals surface area (Å²) < 4.78 is 37.7. The van der Waals surface area contributed by atoms with Crippen LogP contribution >= 0.6 is 0 Å². The fourth-order valence-corrected chi connectivity index (χ4v) is 2.35. The van der Waals surface area contributed by atoms with Gasteiger partial charge in [0.2, 0.25) is 0 Å². The smallest absolute Gasteiger partial charge is 0.360 e. The average molecular weight is 362 g/mol. The predicted octanol–water partition coefficient (Wildman–Crippen LogP) is 3.52. The van der Waals surface area contributed by atoms with E-state index >= 15 is 0 Å². The fourth-order valence-electron chi connectivity index (χ4n) is 2.35. The van der Waals surface area contributed by atoms with Gasteiger partial charge in [0.15, 0.2) is 5.82 Å². The molecular formula is C17H17F3N6. The number of aromatic nitrogens is 4. The SMILES string of the molecule is CCN(C)c1ccc(-c2cc3nccnc3c(NCC(F)(F)F)n2)cn1. The summed E-state index contributed by atoms with van der Waals surface area (Å²) in [4.78, 5) is 18.9. The fraction of sp³-hybridized carbons (Fsp3) is 0.294.